The largest absolute Gasteiger partial charge is 0.494 e. The molecule has 5 nitrogen and oxygen atoms in total. The fraction of sp³-hybridized carbons (Fsp3) is 0.304. The van der Waals surface area contributed by atoms with Crippen LogP contribution in [0.2, 0.25) is 0 Å². The van der Waals surface area contributed by atoms with Crippen molar-refractivity contribution in [3.8, 4) is 11.5 Å². The summed E-state index contributed by atoms with van der Waals surface area (Å²) >= 11 is 0.958. The van der Waals surface area contributed by atoms with Gasteiger partial charge in [-0.25, -0.2) is 0 Å². The number of imide groups is 1. The van der Waals surface area contributed by atoms with Gasteiger partial charge in [0.05, 0.1) is 18.1 Å². The van der Waals surface area contributed by atoms with Gasteiger partial charge in [0, 0.05) is 0 Å². The molecule has 1 aliphatic rings. The maximum Gasteiger partial charge on any atom is 0.293 e. The van der Waals surface area contributed by atoms with Crippen LogP contribution in [0.15, 0.2) is 47.4 Å². The molecular weight excluding hydrogens is 386 g/mol. The number of ether oxygens (including phenoxy) is 2. The van der Waals surface area contributed by atoms with Gasteiger partial charge in [0.2, 0.25) is 0 Å². The predicted molar refractivity (Wildman–Crippen MR) is 116 cm³/mol. The van der Waals surface area contributed by atoms with E-state index in [0.717, 1.165) is 46.4 Å². The molecule has 0 aromatic heterocycles. The Bertz CT molecular complexity index is 921. The van der Waals surface area contributed by atoms with Crippen LogP contribution in [0.4, 0.5) is 4.79 Å². The lowest BCUT2D eigenvalue weighted by Gasteiger charge is -2.14. The molecule has 2 aromatic rings. The highest BCUT2D eigenvalue weighted by Gasteiger charge is 2.34. The number of benzene rings is 2. The fourth-order valence-corrected chi connectivity index (χ4v) is 3.70. The van der Waals surface area contributed by atoms with E-state index in [1.165, 1.54) is 4.90 Å². The minimum absolute atomic E-state index is 0.221. The topological polar surface area (TPSA) is 55.8 Å². The smallest absolute Gasteiger partial charge is 0.293 e. The Labute approximate surface area is 175 Å². The molecule has 152 valence electrons. The standard InChI is InChI=1S/C23H25NO4S/c1-4-12-27-19-9-7-18(8-10-19)15-21-22(25)24(23(26)29-21)11-13-28-20-14-16(2)5-6-17(20)3/h5-10,14-15H,4,11-13H2,1-3H3/b21-15-. The molecule has 6 heteroatoms. The van der Waals surface area contributed by atoms with E-state index in [2.05, 4.69) is 6.92 Å². The number of carbonyl (C=O) groups is 2. The van der Waals surface area contributed by atoms with E-state index in [-0.39, 0.29) is 24.3 Å². The van der Waals surface area contributed by atoms with Crippen LogP contribution in [0.25, 0.3) is 6.08 Å². The van der Waals surface area contributed by atoms with Crippen LogP contribution in [-0.2, 0) is 4.79 Å². The molecular formula is C23H25NO4S. The Hall–Kier alpha value is -2.73. The Morgan fingerprint density at radius 3 is 2.48 bits per heavy atom. The minimum atomic E-state index is -0.282. The Balaban J connectivity index is 1.60. The molecule has 0 radical (unpaired) electrons. The van der Waals surface area contributed by atoms with Gasteiger partial charge < -0.3 is 9.47 Å². The summed E-state index contributed by atoms with van der Waals surface area (Å²) < 4.78 is 11.3. The Morgan fingerprint density at radius 1 is 1.00 bits per heavy atom. The predicted octanol–water partition coefficient (Wildman–Crippen LogP) is 5.21. The first kappa shape index (κ1) is 21.0. The van der Waals surface area contributed by atoms with Gasteiger partial charge in [-0.3, -0.25) is 14.5 Å². The molecule has 0 aliphatic carbocycles. The maximum atomic E-state index is 12.6. The van der Waals surface area contributed by atoms with Crippen LogP contribution in [0.1, 0.15) is 30.0 Å². The van der Waals surface area contributed by atoms with Gasteiger partial charge in [-0.2, -0.15) is 0 Å². The molecule has 1 fully saturated rings. The lowest BCUT2D eigenvalue weighted by atomic mass is 10.1. The third-order valence-corrected chi connectivity index (χ3v) is 5.35. The lowest BCUT2D eigenvalue weighted by molar-refractivity contribution is -0.123. The van der Waals surface area contributed by atoms with Crippen molar-refractivity contribution >= 4 is 29.0 Å². The van der Waals surface area contributed by atoms with Crippen LogP contribution >= 0.6 is 11.8 Å². The summed E-state index contributed by atoms with van der Waals surface area (Å²) in [5.41, 5.74) is 2.98. The van der Waals surface area contributed by atoms with E-state index in [1.807, 2.05) is 56.3 Å². The molecule has 0 unspecified atom stereocenters. The van der Waals surface area contributed by atoms with Crippen molar-refractivity contribution in [2.75, 3.05) is 19.8 Å². The second kappa shape index (κ2) is 9.65. The van der Waals surface area contributed by atoms with Gasteiger partial charge in [0.25, 0.3) is 11.1 Å². The first-order valence-corrected chi connectivity index (χ1v) is 10.5. The van der Waals surface area contributed by atoms with Crippen LogP contribution in [-0.4, -0.2) is 35.8 Å². The number of nitrogens with zero attached hydrogens (tertiary/aromatic N) is 1. The molecule has 1 heterocycles. The number of hydrogen-bond donors (Lipinski definition) is 0. The van der Waals surface area contributed by atoms with Gasteiger partial charge in [0.15, 0.2) is 0 Å². The van der Waals surface area contributed by atoms with Crippen molar-refractivity contribution in [3.05, 3.63) is 64.1 Å². The summed E-state index contributed by atoms with van der Waals surface area (Å²) in [5.74, 6) is 1.29. The quantitative estimate of drug-likeness (QED) is 0.558. The highest BCUT2D eigenvalue weighted by atomic mass is 32.2. The number of amides is 2. The molecule has 0 saturated carbocycles. The molecule has 1 aliphatic heterocycles. The van der Waals surface area contributed by atoms with Crippen LogP contribution < -0.4 is 9.47 Å². The van der Waals surface area contributed by atoms with E-state index in [4.69, 9.17) is 9.47 Å². The summed E-state index contributed by atoms with van der Waals surface area (Å²) in [6.07, 6.45) is 2.68. The normalized spacial score (nSPS) is 15.3. The molecule has 0 N–H and O–H groups in total. The third-order valence-electron chi connectivity index (χ3n) is 4.44. The zero-order valence-electron chi connectivity index (χ0n) is 16.9. The molecule has 3 rings (SSSR count). The highest BCUT2D eigenvalue weighted by Crippen LogP contribution is 2.32. The average Bonchev–Trinajstić information content (AvgIpc) is 2.97. The van der Waals surface area contributed by atoms with Crippen molar-refractivity contribution < 1.29 is 19.1 Å². The summed E-state index contributed by atoms with van der Waals surface area (Å²) in [5, 5.41) is -0.270. The Morgan fingerprint density at radius 2 is 1.76 bits per heavy atom. The van der Waals surface area contributed by atoms with Gasteiger partial charge in [-0.15, -0.1) is 0 Å². The summed E-state index contributed by atoms with van der Waals surface area (Å²) in [7, 11) is 0. The highest BCUT2D eigenvalue weighted by molar-refractivity contribution is 8.18. The summed E-state index contributed by atoms with van der Waals surface area (Å²) in [6.45, 7) is 7.17. The number of hydrogen-bond acceptors (Lipinski definition) is 5. The average molecular weight is 412 g/mol. The maximum absolute atomic E-state index is 12.6. The first-order valence-electron chi connectivity index (χ1n) is 9.66. The first-order chi connectivity index (χ1) is 14.0. The fourth-order valence-electron chi connectivity index (χ4n) is 2.83. The van der Waals surface area contributed by atoms with Gasteiger partial charge in [0.1, 0.15) is 18.1 Å². The van der Waals surface area contributed by atoms with E-state index in [9.17, 15) is 9.59 Å². The summed E-state index contributed by atoms with van der Waals surface area (Å²) in [4.78, 5) is 26.6. The van der Waals surface area contributed by atoms with Crippen LogP contribution in [0, 0.1) is 13.8 Å². The van der Waals surface area contributed by atoms with Crippen LogP contribution in [0.5, 0.6) is 11.5 Å². The van der Waals surface area contributed by atoms with Crippen molar-refractivity contribution in [2.24, 2.45) is 0 Å². The van der Waals surface area contributed by atoms with E-state index in [0.29, 0.717) is 11.5 Å². The number of carbonyl (C=O) groups excluding carboxylic acids is 2. The molecule has 1 saturated heterocycles. The number of aryl methyl sites for hydroxylation is 2. The molecule has 0 atom stereocenters. The lowest BCUT2D eigenvalue weighted by Crippen LogP contribution is -2.32. The monoisotopic (exact) mass is 411 g/mol. The van der Waals surface area contributed by atoms with E-state index in [1.54, 1.807) is 6.08 Å². The SMILES string of the molecule is CCCOc1ccc(/C=C2\SC(=O)N(CCOc3cc(C)ccc3C)C2=O)cc1. The van der Waals surface area contributed by atoms with Crippen molar-refractivity contribution in [2.45, 2.75) is 27.2 Å². The molecule has 0 bridgehead atoms. The zero-order valence-corrected chi connectivity index (χ0v) is 17.8. The zero-order chi connectivity index (χ0) is 20.8. The Kier molecular flexibility index (Phi) is 6.99. The van der Waals surface area contributed by atoms with E-state index < -0.39 is 0 Å². The molecule has 29 heavy (non-hydrogen) atoms. The van der Waals surface area contributed by atoms with Crippen molar-refractivity contribution in [1.82, 2.24) is 4.90 Å². The van der Waals surface area contributed by atoms with Crippen molar-refractivity contribution in [1.29, 1.82) is 0 Å². The third kappa shape index (κ3) is 5.41. The minimum Gasteiger partial charge on any atom is -0.494 e. The second-order valence-electron chi connectivity index (χ2n) is 6.87. The summed E-state index contributed by atoms with van der Waals surface area (Å²) in [6, 6.07) is 13.5. The molecule has 0 spiro atoms. The molecule has 2 aromatic carbocycles. The van der Waals surface area contributed by atoms with Gasteiger partial charge in [-0.05, 0) is 73.0 Å². The number of rotatable bonds is 8. The molecule has 2 amide bonds. The number of thioether (sulfide) groups is 1. The van der Waals surface area contributed by atoms with Gasteiger partial charge in [-0.1, -0.05) is 31.2 Å². The van der Waals surface area contributed by atoms with Crippen molar-refractivity contribution in [3.63, 3.8) is 0 Å². The second-order valence-corrected chi connectivity index (χ2v) is 7.86. The van der Waals surface area contributed by atoms with Gasteiger partial charge >= 0.3 is 0 Å². The van der Waals surface area contributed by atoms with Crippen LogP contribution in [0.3, 0.4) is 0 Å². The van der Waals surface area contributed by atoms with E-state index >= 15 is 0 Å².